The van der Waals surface area contributed by atoms with Crippen LogP contribution in [0, 0.1) is 0 Å². The van der Waals surface area contributed by atoms with E-state index in [1.165, 1.54) is 0 Å². The van der Waals surface area contributed by atoms with E-state index >= 15 is 0 Å². The number of nitrogens with zero attached hydrogens (tertiary/aromatic N) is 2. The molecule has 0 saturated heterocycles. The fourth-order valence-electron chi connectivity index (χ4n) is 2.24. The largest absolute Gasteiger partial charge is 0.478 e. The van der Waals surface area contributed by atoms with E-state index in [2.05, 4.69) is 4.98 Å². The highest BCUT2D eigenvalue weighted by atomic mass is 16.5. The number of likely N-dealkylation sites (N-methyl/N-ethyl adjacent to an activating group) is 1. The maximum Gasteiger partial charge on any atom is 0.339 e. The maximum absolute atomic E-state index is 11.3. The summed E-state index contributed by atoms with van der Waals surface area (Å²) < 4.78 is 5.01. The molecule has 0 amide bonds. The number of carboxylic acids is 1. The molecule has 0 aliphatic heterocycles. The highest BCUT2D eigenvalue weighted by Crippen LogP contribution is 2.26. The van der Waals surface area contributed by atoms with Gasteiger partial charge in [-0.3, -0.25) is 0 Å². The van der Waals surface area contributed by atoms with Crippen molar-refractivity contribution in [1.29, 1.82) is 0 Å². The summed E-state index contributed by atoms with van der Waals surface area (Å²) in [5, 5.41) is 9.27. The van der Waals surface area contributed by atoms with Crippen LogP contribution in [-0.2, 0) is 17.6 Å². The fourth-order valence-corrected chi connectivity index (χ4v) is 2.24. The van der Waals surface area contributed by atoms with Crippen LogP contribution < -0.4 is 4.90 Å². The highest BCUT2D eigenvalue weighted by Gasteiger charge is 2.21. The SMILES string of the molecule is COCCN(C)c1nc2c(cc1C(=O)O)CCC2. The number of carboxylic acid groups (broad SMARTS) is 1. The summed E-state index contributed by atoms with van der Waals surface area (Å²) in [4.78, 5) is 17.7. The second-order valence-corrected chi connectivity index (χ2v) is 4.54. The van der Waals surface area contributed by atoms with Gasteiger partial charge in [-0.25, -0.2) is 9.78 Å². The molecule has 0 radical (unpaired) electrons. The lowest BCUT2D eigenvalue weighted by Gasteiger charge is -2.20. The van der Waals surface area contributed by atoms with Gasteiger partial charge in [0.15, 0.2) is 0 Å². The van der Waals surface area contributed by atoms with E-state index in [0.717, 1.165) is 30.5 Å². The average Bonchev–Trinajstić information content (AvgIpc) is 2.81. The van der Waals surface area contributed by atoms with Crippen molar-refractivity contribution >= 4 is 11.8 Å². The predicted molar refractivity (Wildman–Crippen MR) is 68.4 cm³/mol. The zero-order valence-electron chi connectivity index (χ0n) is 10.8. The van der Waals surface area contributed by atoms with E-state index < -0.39 is 5.97 Å². The van der Waals surface area contributed by atoms with Crippen molar-refractivity contribution in [2.75, 3.05) is 32.2 Å². The van der Waals surface area contributed by atoms with E-state index in [1.54, 1.807) is 13.2 Å². The molecule has 0 atom stereocenters. The molecule has 2 rings (SSSR count). The Bertz CT molecular complexity index is 460. The summed E-state index contributed by atoms with van der Waals surface area (Å²) in [6.07, 6.45) is 2.94. The van der Waals surface area contributed by atoms with E-state index in [4.69, 9.17) is 4.74 Å². The Balaban J connectivity index is 2.35. The van der Waals surface area contributed by atoms with Crippen LogP contribution in [0.15, 0.2) is 6.07 Å². The van der Waals surface area contributed by atoms with Crippen molar-refractivity contribution < 1.29 is 14.6 Å². The van der Waals surface area contributed by atoms with Gasteiger partial charge in [-0.2, -0.15) is 0 Å². The lowest BCUT2D eigenvalue weighted by Crippen LogP contribution is -2.25. The quantitative estimate of drug-likeness (QED) is 0.854. The topological polar surface area (TPSA) is 62.7 Å². The number of fused-ring (bicyclic) bond motifs is 1. The van der Waals surface area contributed by atoms with Crippen LogP contribution in [0.1, 0.15) is 28.0 Å². The summed E-state index contributed by atoms with van der Waals surface area (Å²) in [7, 11) is 3.47. The lowest BCUT2D eigenvalue weighted by atomic mass is 10.1. The van der Waals surface area contributed by atoms with Crippen LogP contribution in [0.5, 0.6) is 0 Å². The van der Waals surface area contributed by atoms with Gasteiger partial charge >= 0.3 is 5.97 Å². The molecule has 1 aliphatic carbocycles. The highest BCUT2D eigenvalue weighted by molar-refractivity contribution is 5.93. The van der Waals surface area contributed by atoms with Crippen LogP contribution >= 0.6 is 0 Å². The van der Waals surface area contributed by atoms with Crippen LogP contribution in [0.3, 0.4) is 0 Å². The monoisotopic (exact) mass is 250 g/mol. The normalized spacial score (nSPS) is 13.4. The van der Waals surface area contributed by atoms with Gasteiger partial charge in [-0.1, -0.05) is 0 Å². The molecule has 0 aromatic carbocycles. The summed E-state index contributed by atoms with van der Waals surface area (Å²) in [6, 6.07) is 1.77. The second kappa shape index (κ2) is 5.35. The molecule has 98 valence electrons. The minimum Gasteiger partial charge on any atom is -0.478 e. The molecule has 0 spiro atoms. The fraction of sp³-hybridized carbons (Fsp3) is 0.538. The second-order valence-electron chi connectivity index (χ2n) is 4.54. The average molecular weight is 250 g/mol. The van der Waals surface area contributed by atoms with E-state index in [1.807, 2.05) is 11.9 Å². The van der Waals surface area contributed by atoms with Crippen molar-refractivity contribution in [2.45, 2.75) is 19.3 Å². The number of rotatable bonds is 5. The molecule has 5 nitrogen and oxygen atoms in total. The van der Waals surface area contributed by atoms with Crippen molar-refractivity contribution in [3.05, 3.63) is 22.9 Å². The van der Waals surface area contributed by atoms with E-state index in [0.29, 0.717) is 19.0 Å². The Morgan fingerprint density at radius 3 is 3.00 bits per heavy atom. The molecular weight excluding hydrogens is 232 g/mol. The minimum atomic E-state index is -0.920. The number of hydrogen-bond donors (Lipinski definition) is 1. The Kier molecular flexibility index (Phi) is 3.81. The Morgan fingerprint density at radius 2 is 2.33 bits per heavy atom. The molecule has 0 bridgehead atoms. The molecule has 5 heteroatoms. The number of methoxy groups -OCH3 is 1. The first kappa shape index (κ1) is 12.8. The zero-order chi connectivity index (χ0) is 13.1. The van der Waals surface area contributed by atoms with Gasteiger partial charge in [0.1, 0.15) is 11.4 Å². The molecule has 1 aliphatic rings. The number of pyridine rings is 1. The van der Waals surface area contributed by atoms with Gasteiger partial charge in [0.05, 0.1) is 6.61 Å². The Labute approximate surface area is 106 Å². The van der Waals surface area contributed by atoms with Crippen molar-refractivity contribution in [2.24, 2.45) is 0 Å². The molecule has 1 N–H and O–H groups in total. The maximum atomic E-state index is 11.3. The number of ether oxygens (including phenoxy) is 1. The Hall–Kier alpha value is -1.62. The molecule has 1 aromatic rings. The first-order valence-corrected chi connectivity index (χ1v) is 6.09. The van der Waals surface area contributed by atoms with Gasteiger partial charge < -0.3 is 14.7 Å². The number of aromatic carboxylic acids is 1. The van der Waals surface area contributed by atoms with Crippen molar-refractivity contribution in [3.8, 4) is 0 Å². The van der Waals surface area contributed by atoms with Crippen LogP contribution in [0.25, 0.3) is 0 Å². The molecular formula is C13H18N2O3. The molecule has 0 fully saturated rings. The zero-order valence-corrected chi connectivity index (χ0v) is 10.8. The van der Waals surface area contributed by atoms with Gasteiger partial charge in [-0.05, 0) is 30.9 Å². The first-order valence-electron chi connectivity index (χ1n) is 6.09. The van der Waals surface area contributed by atoms with E-state index in [9.17, 15) is 9.90 Å². The third-order valence-corrected chi connectivity index (χ3v) is 3.25. The van der Waals surface area contributed by atoms with Crippen LogP contribution in [0.4, 0.5) is 5.82 Å². The number of carbonyl (C=O) groups is 1. The van der Waals surface area contributed by atoms with Crippen molar-refractivity contribution in [1.82, 2.24) is 4.98 Å². The predicted octanol–water partition coefficient (Wildman–Crippen LogP) is 1.35. The first-order chi connectivity index (χ1) is 8.63. The number of anilines is 1. The summed E-state index contributed by atoms with van der Waals surface area (Å²) >= 11 is 0. The van der Waals surface area contributed by atoms with Gasteiger partial charge in [0.25, 0.3) is 0 Å². The Morgan fingerprint density at radius 1 is 1.56 bits per heavy atom. The van der Waals surface area contributed by atoms with Gasteiger partial charge in [0, 0.05) is 26.4 Å². The van der Waals surface area contributed by atoms with Crippen LogP contribution in [-0.4, -0.2) is 43.4 Å². The minimum absolute atomic E-state index is 0.286. The molecule has 18 heavy (non-hydrogen) atoms. The van der Waals surface area contributed by atoms with Crippen LogP contribution in [0.2, 0.25) is 0 Å². The third-order valence-electron chi connectivity index (χ3n) is 3.25. The van der Waals surface area contributed by atoms with Gasteiger partial charge in [0.2, 0.25) is 0 Å². The number of aryl methyl sites for hydroxylation is 2. The van der Waals surface area contributed by atoms with Gasteiger partial charge in [-0.15, -0.1) is 0 Å². The summed E-state index contributed by atoms with van der Waals surface area (Å²) in [6.45, 7) is 1.18. The lowest BCUT2D eigenvalue weighted by molar-refractivity contribution is 0.0697. The molecule has 1 aromatic heterocycles. The van der Waals surface area contributed by atoms with Crippen molar-refractivity contribution in [3.63, 3.8) is 0 Å². The third kappa shape index (κ3) is 2.46. The molecule has 1 heterocycles. The smallest absolute Gasteiger partial charge is 0.339 e. The molecule has 0 saturated carbocycles. The number of aromatic nitrogens is 1. The number of hydrogen-bond acceptors (Lipinski definition) is 4. The summed E-state index contributed by atoms with van der Waals surface area (Å²) in [5.74, 6) is -0.378. The summed E-state index contributed by atoms with van der Waals surface area (Å²) in [5.41, 5.74) is 2.41. The molecule has 0 unspecified atom stereocenters. The van der Waals surface area contributed by atoms with E-state index in [-0.39, 0.29) is 5.56 Å². The standard InChI is InChI=1S/C13H18N2O3/c1-15(6-7-18-2)12-10(13(16)17)8-9-4-3-5-11(9)14-12/h8H,3-7H2,1-2H3,(H,16,17).